The highest BCUT2D eigenvalue weighted by atomic mass is 19.1. The van der Waals surface area contributed by atoms with Gasteiger partial charge in [-0.1, -0.05) is 6.07 Å². The fraction of sp³-hybridized carbons (Fsp3) is 0.267. The van der Waals surface area contributed by atoms with Gasteiger partial charge in [0.15, 0.2) is 5.78 Å². The second kappa shape index (κ2) is 5.87. The lowest BCUT2D eigenvalue weighted by Gasteiger charge is -2.08. The highest BCUT2D eigenvalue weighted by Gasteiger charge is 2.11. The number of aromatic nitrogens is 2. The van der Waals surface area contributed by atoms with E-state index in [1.807, 2.05) is 0 Å². The van der Waals surface area contributed by atoms with Crippen molar-refractivity contribution in [3.63, 3.8) is 0 Å². The first-order valence-electron chi connectivity index (χ1n) is 6.48. The van der Waals surface area contributed by atoms with Gasteiger partial charge in [0, 0.05) is 12.7 Å². The number of ketones is 1. The molecule has 6 heteroatoms. The molecule has 2 rings (SSSR count). The van der Waals surface area contributed by atoms with Gasteiger partial charge in [-0.2, -0.15) is 0 Å². The van der Waals surface area contributed by atoms with Crippen molar-refractivity contribution >= 4 is 5.78 Å². The normalized spacial score (nSPS) is 10.6. The van der Waals surface area contributed by atoms with Crippen LogP contribution in [0.25, 0.3) is 0 Å². The first-order chi connectivity index (χ1) is 9.90. The quantitative estimate of drug-likeness (QED) is 0.866. The van der Waals surface area contributed by atoms with Crippen LogP contribution in [-0.4, -0.2) is 15.3 Å². The molecule has 0 unspecified atom stereocenters. The third kappa shape index (κ3) is 3.16. The van der Waals surface area contributed by atoms with Gasteiger partial charge in [-0.05, 0) is 43.5 Å². The molecule has 21 heavy (non-hydrogen) atoms. The van der Waals surface area contributed by atoms with Crippen molar-refractivity contribution in [1.82, 2.24) is 9.55 Å². The van der Waals surface area contributed by atoms with Crippen LogP contribution >= 0.6 is 0 Å². The smallest absolute Gasteiger partial charge is 0.313 e. The van der Waals surface area contributed by atoms with Gasteiger partial charge < -0.3 is 4.98 Å². The van der Waals surface area contributed by atoms with Gasteiger partial charge in [0.2, 0.25) is 0 Å². The lowest BCUT2D eigenvalue weighted by Crippen LogP contribution is -2.38. The summed E-state index contributed by atoms with van der Waals surface area (Å²) < 4.78 is 14.0. The van der Waals surface area contributed by atoms with Crippen LogP contribution in [0.15, 0.2) is 34.0 Å². The molecule has 0 aliphatic carbocycles. The summed E-state index contributed by atoms with van der Waals surface area (Å²) in [5.41, 5.74) is 0.374. The van der Waals surface area contributed by atoms with Crippen LogP contribution < -0.4 is 11.2 Å². The minimum atomic E-state index is -0.606. The number of hydrogen-bond acceptors (Lipinski definition) is 3. The number of nitrogens with one attached hydrogen (secondary N) is 1. The van der Waals surface area contributed by atoms with E-state index in [-0.39, 0.29) is 17.9 Å². The molecule has 0 saturated carbocycles. The number of carbonyl (C=O) groups is 1. The van der Waals surface area contributed by atoms with Crippen LogP contribution in [-0.2, 0) is 13.0 Å². The monoisotopic (exact) mass is 290 g/mol. The number of benzene rings is 1. The predicted octanol–water partition coefficient (Wildman–Crippen LogP) is 1.43. The molecule has 110 valence electrons. The van der Waals surface area contributed by atoms with E-state index < -0.39 is 17.0 Å². The maximum absolute atomic E-state index is 13.0. The Labute approximate surface area is 120 Å². The molecule has 2 aromatic rings. The van der Waals surface area contributed by atoms with Gasteiger partial charge in [-0.25, -0.2) is 9.18 Å². The van der Waals surface area contributed by atoms with E-state index in [0.29, 0.717) is 6.42 Å². The Kier molecular flexibility index (Phi) is 4.16. The molecule has 0 amide bonds. The second-order valence-corrected chi connectivity index (χ2v) is 4.84. The average Bonchev–Trinajstić information content (AvgIpc) is 2.40. The van der Waals surface area contributed by atoms with Crippen LogP contribution in [0.2, 0.25) is 0 Å². The first kappa shape index (κ1) is 14.9. The maximum Gasteiger partial charge on any atom is 0.328 e. The summed E-state index contributed by atoms with van der Waals surface area (Å²) in [6.07, 6.45) is 1.53. The number of rotatable bonds is 4. The Morgan fingerprint density at radius 1 is 1.33 bits per heavy atom. The van der Waals surface area contributed by atoms with Crippen LogP contribution in [0.5, 0.6) is 0 Å². The number of hydrogen-bond donors (Lipinski definition) is 1. The number of Topliss-reactive ketones (excluding diaryl/α,β-unsaturated/α-hetero) is 1. The zero-order chi connectivity index (χ0) is 15.6. The number of H-pyrrole nitrogens is 1. The fourth-order valence-electron chi connectivity index (χ4n) is 2.14. The molecular formula is C15H15FN2O3. The Balaban J connectivity index is 2.32. The zero-order valence-corrected chi connectivity index (χ0v) is 11.8. The molecule has 0 radical (unpaired) electrons. The Morgan fingerprint density at radius 3 is 2.67 bits per heavy atom. The number of halogens is 1. The Hall–Kier alpha value is -2.50. The summed E-state index contributed by atoms with van der Waals surface area (Å²) in [5, 5.41) is 0. The first-order valence-corrected chi connectivity index (χ1v) is 6.48. The van der Waals surface area contributed by atoms with Crippen molar-refractivity contribution < 1.29 is 9.18 Å². The molecule has 0 aliphatic rings. The van der Waals surface area contributed by atoms with Crippen molar-refractivity contribution in [2.24, 2.45) is 0 Å². The second-order valence-electron chi connectivity index (χ2n) is 4.84. The van der Waals surface area contributed by atoms with E-state index in [1.165, 1.54) is 19.1 Å². The van der Waals surface area contributed by atoms with Crippen molar-refractivity contribution in [3.05, 3.63) is 67.7 Å². The SMILES string of the molecule is CC(=O)c1c[nH]c(=O)n(CCc2ccc(F)cc2C)c1=O. The van der Waals surface area contributed by atoms with Crippen LogP contribution in [0.1, 0.15) is 28.4 Å². The van der Waals surface area contributed by atoms with E-state index in [0.717, 1.165) is 21.9 Å². The molecule has 0 aliphatic heterocycles. The fourth-order valence-corrected chi connectivity index (χ4v) is 2.14. The van der Waals surface area contributed by atoms with E-state index in [2.05, 4.69) is 4.98 Å². The maximum atomic E-state index is 13.0. The summed E-state index contributed by atoms with van der Waals surface area (Å²) >= 11 is 0. The molecule has 1 N–H and O–H groups in total. The van der Waals surface area contributed by atoms with Gasteiger partial charge >= 0.3 is 5.69 Å². The van der Waals surface area contributed by atoms with E-state index in [9.17, 15) is 18.8 Å². The predicted molar refractivity (Wildman–Crippen MR) is 76.2 cm³/mol. The van der Waals surface area contributed by atoms with Crippen LogP contribution in [0, 0.1) is 12.7 Å². The van der Waals surface area contributed by atoms with E-state index >= 15 is 0 Å². The van der Waals surface area contributed by atoms with E-state index in [4.69, 9.17) is 0 Å². The lowest BCUT2D eigenvalue weighted by molar-refractivity contribution is 0.101. The molecule has 0 fully saturated rings. The Morgan fingerprint density at radius 2 is 2.05 bits per heavy atom. The molecule has 0 saturated heterocycles. The molecule has 1 aromatic heterocycles. The summed E-state index contributed by atoms with van der Waals surface area (Å²) in [4.78, 5) is 37.5. The number of aromatic amines is 1. The highest BCUT2D eigenvalue weighted by Crippen LogP contribution is 2.11. The molecule has 1 heterocycles. The van der Waals surface area contributed by atoms with Crippen molar-refractivity contribution in [3.8, 4) is 0 Å². The average molecular weight is 290 g/mol. The van der Waals surface area contributed by atoms with E-state index in [1.54, 1.807) is 13.0 Å². The Bertz CT molecular complexity index is 805. The lowest BCUT2D eigenvalue weighted by atomic mass is 10.1. The molecule has 5 nitrogen and oxygen atoms in total. The minimum Gasteiger partial charge on any atom is -0.313 e. The topological polar surface area (TPSA) is 71.9 Å². The molecule has 0 spiro atoms. The number of nitrogens with zero attached hydrogens (tertiary/aromatic N) is 1. The van der Waals surface area contributed by atoms with Gasteiger partial charge in [0.25, 0.3) is 5.56 Å². The summed E-state index contributed by atoms with van der Waals surface area (Å²) in [6.45, 7) is 3.16. The molecule has 0 bridgehead atoms. The van der Waals surface area contributed by atoms with Crippen molar-refractivity contribution in [1.29, 1.82) is 0 Å². The van der Waals surface area contributed by atoms with Crippen molar-refractivity contribution in [2.75, 3.05) is 0 Å². The third-order valence-corrected chi connectivity index (χ3v) is 3.35. The highest BCUT2D eigenvalue weighted by molar-refractivity contribution is 5.93. The molecule has 0 atom stereocenters. The van der Waals surface area contributed by atoms with Gasteiger partial charge in [0.1, 0.15) is 5.82 Å². The standard InChI is InChI=1S/C15H15FN2O3/c1-9-7-12(16)4-3-11(9)5-6-18-14(20)13(10(2)19)8-17-15(18)21/h3-4,7-8H,5-6H2,1-2H3,(H,17,21). The van der Waals surface area contributed by atoms with Gasteiger partial charge in [-0.3, -0.25) is 14.2 Å². The number of aryl methyl sites for hydroxylation is 2. The molecular weight excluding hydrogens is 275 g/mol. The molecule has 1 aromatic carbocycles. The van der Waals surface area contributed by atoms with Gasteiger partial charge in [-0.15, -0.1) is 0 Å². The largest absolute Gasteiger partial charge is 0.328 e. The van der Waals surface area contributed by atoms with Crippen LogP contribution in [0.4, 0.5) is 4.39 Å². The summed E-state index contributed by atoms with van der Waals surface area (Å²) in [5.74, 6) is -0.729. The van der Waals surface area contributed by atoms with Crippen molar-refractivity contribution in [2.45, 2.75) is 26.8 Å². The van der Waals surface area contributed by atoms with Gasteiger partial charge in [0.05, 0.1) is 5.56 Å². The zero-order valence-electron chi connectivity index (χ0n) is 11.8. The van der Waals surface area contributed by atoms with Crippen LogP contribution in [0.3, 0.4) is 0 Å². The minimum absolute atomic E-state index is 0.0505. The summed E-state index contributed by atoms with van der Waals surface area (Å²) in [6, 6.07) is 4.36. The number of carbonyl (C=O) groups excluding carboxylic acids is 1. The summed E-state index contributed by atoms with van der Waals surface area (Å²) in [7, 11) is 0. The third-order valence-electron chi connectivity index (χ3n) is 3.35.